The largest absolute Gasteiger partial charge is 0.306 e. The molecule has 2 aromatic heterocycles. The van der Waals surface area contributed by atoms with Crippen LogP contribution in [0.4, 0.5) is 10.2 Å². The number of rotatable bonds is 4. The summed E-state index contributed by atoms with van der Waals surface area (Å²) in [6.07, 6.45) is 0. The molecular weight excluding hydrogens is 399 g/mol. The van der Waals surface area contributed by atoms with Crippen LogP contribution in [0.1, 0.15) is 16.1 Å². The highest BCUT2D eigenvalue weighted by atomic mass is 35.5. The van der Waals surface area contributed by atoms with E-state index in [0.717, 1.165) is 11.3 Å². The molecule has 5 nitrogen and oxygen atoms in total. The molecule has 4 aromatic rings. The van der Waals surface area contributed by atoms with Gasteiger partial charge >= 0.3 is 0 Å². The van der Waals surface area contributed by atoms with Crippen LogP contribution in [-0.2, 0) is 0 Å². The van der Waals surface area contributed by atoms with E-state index in [9.17, 15) is 9.18 Å². The zero-order valence-electron chi connectivity index (χ0n) is 14.7. The topological polar surface area (TPSA) is 59.8 Å². The second-order valence-electron chi connectivity index (χ2n) is 6.07. The summed E-state index contributed by atoms with van der Waals surface area (Å²) >= 11 is 7.34. The number of aromatic nitrogens is 3. The van der Waals surface area contributed by atoms with E-state index in [1.165, 1.54) is 23.5 Å². The van der Waals surface area contributed by atoms with Gasteiger partial charge in [0.1, 0.15) is 11.6 Å². The highest BCUT2D eigenvalue weighted by Gasteiger charge is 2.15. The first-order valence-corrected chi connectivity index (χ1v) is 9.61. The minimum Gasteiger partial charge on any atom is -0.306 e. The molecule has 1 N–H and O–H groups in total. The van der Waals surface area contributed by atoms with Gasteiger partial charge in [-0.15, -0.1) is 11.3 Å². The summed E-state index contributed by atoms with van der Waals surface area (Å²) in [4.78, 5) is 17.1. The Balaban J connectivity index is 1.63. The number of amides is 1. The van der Waals surface area contributed by atoms with Gasteiger partial charge in [-0.05, 0) is 49.4 Å². The van der Waals surface area contributed by atoms with Crippen LogP contribution in [0.5, 0.6) is 0 Å². The number of nitrogens with zero attached hydrogens (tertiary/aromatic N) is 3. The molecule has 2 heterocycles. The minimum atomic E-state index is -0.298. The van der Waals surface area contributed by atoms with Crippen LogP contribution in [0.15, 0.2) is 60.0 Å². The number of benzene rings is 2. The Hall–Kier alpha value is -3.03. The van der Waals surface area contributed by atoms with Gasteiger partial charge in [0, 0.05) is 27.6 Å². The van der Waals surface area contributed by atoms with Gasteiger partial charge < -0.3 is 5.32 Å². The maximum absolute atomic E-state index is 13.1. The van der Waals surface area contributed by atoms with Gasteiger partial charge in [0.2, 0.25) is 5.13 Å². The molecule has 4 rings (SSSR count). The zero-order chi connectivity index (χ0) is 19.7. The Morgan fingerprint density at radius 3 is 2.71 bits per heavy atom. The molecule has 0 aliphatic heterocycles. The van der Waals surface area contributed by atoms with Crippen molar-refractivity contribution in [1.29, 1.82) is 0 Å². The Morgan fingerprint density at radius 2 is 1.96 bits per heavy atom. The average molecular weight is 413 g/mol. The highest BCUT2D eigenvalue weighted by Crippen LogP contribution is 2.27. The zero-order valence-corrected chi connectivity index (χ0v) is 16.3. The van der Waals surface area contributed by atoms with Crippen molar-refractivity contribution in [2.45, 2.75) is 6.92 Å². The van der Waals surface area contributed by atoms with Crippen LogP contribution >= 0.6 is 22.9 Å². The van der Waals surface area contributed by atoms with Crippen molar-refractivity contribution in [2.24, 2.45) is 0 Å². The van der Waals surface area contributed by atoms with E-state index in [1.807, 2.05) is 12.3 Å². The fourth-order valence-corrected chi connectivity index (χ4v) is 3.65. The molecule has 140 valence electrons. The Labute approximate surface area is 169 Å². The molecule has 0 saturated carbocycles. The number of thiazole rings is 1. The number of carbonyl (C=O) groups excluding carboxylic acids is 1. The second kappa shape index (κ2) is 7.53. The van der Waals surface area contributed by atoms with E-state index >= 15 is 0 Å². The van der Waals surface area contributed by atoms with E-state index < -0.39 is 0 Å². The lowest BCUT2D eigenvalue weighted by atomic mass is 10.2. The number of hydrogen-bond donors (Lipinski definition) is 1. The SMILES string of the molecule is Cc1cc(NC(=O)c2cccc(Cl)c2)n(-c2nc(-c3ccc(F)cc3)cs2)n1. The van der Waals surface area contributed by atoms with Crippen LogP contribution in [0.3, 0.4) is 0 Å². The van der Waals surface area contributed by atoms with Crippen molar-refractivity contribution in [2.75, 3.05) is 5.32 Å². The first-order chi connectivity index (χ1) is 13.5. The summed E-state index contributed by atoms with van der Waals surface area (Å²) in [7, 11) is 0. The third kappa shape index (κ3) is 3.81. The number of anilines is 1. The summed E-state index contributed by atoms with van der Waals surface area (Å²) in [5.41, 5.74) is 2.70. The van der Waals surface area contributed by atoms with Crippen LogP contribution in [0, 0.1) is 12.7 Å². The first-order valence-electron chi connectivity index (χ1n) is 8.35. The van der Waals surface area contributed by atoms with E-state index in [1.54, 1.807) is 47.1 Å². The maximum Gasteiger partial charge on any atom is 0.256 e. The van der Waals surface area contributed by atoms with E-state index in [0.29, 0.717) is 27.2 Å². The normalized spacial score (nSPS) is 10.8. The lowest BCUT2D eigenvalue weighted by Gasteiger charge is -2.07. The summed E-state index contributed by atoms with van der Waals surface area (Å²) in [5.74, 6) is -0.0886. The predicted octanol–water partition coefficient (Wildman–Crippen LogP) is 5.35. The van der Waals surface area contributed by atoms with Gasteiger partial charge in [0.05, 0.1) is 11.4 Å². The third-order valence-corrected chi connectivity index (χ3v) is 5.02. The van der Waals surface area contributed by atoms with E-state index in [4.69, 9.17) is 11.6 Å². The Kier molecular flexibility index (Phi) is 4.93. The Morgan fingerprint density at radius 1 is 1.18 bits per heavy atom. The van der Waals surface area contributed by atoms with E-state index in [2.05, 4.69) is 15.4 Å². The van der Waals surface area contributed by atoms with Crippen molar-refractivity contribution in [3.8, 4) is 16.4 Å². The average Bonchev–Trinajstić information content (AvgIpc) is 3.29. The summed E-state index contributed by atoms with van der Waals surface area (Å²) in [6, 6.07) is 14.6. The monoisotopic (exact) mass is 412 g/mol. The van der Waals surface area contributed by atoms with Crippen LogP contribution in [0.2, 0.25) is 5.02 Å². The van der Waals surface area contributed by atoms with Crippen molar-refractivity contribution < 1.29 is 9.18 Å². The van der Waals surface area contributed by atoms with Crippen LogP contribution in [-0.4, -0.2) is 20.7 Å². The second-order valence-corrected chi connectivity index (χ2v) is 7.34. The molecule has 8 heteroatoms. The molecule has 0 bridgehead atoms. The van der Waals surface area contributed by atoms with Gasteiger partial charge in [-0.3, -0.25) is 4.79 Å². The van der Waals surface area contributed by atoms with Gasteiger partial charge in [0.25, 0.3) is 5.91 Å². The number of aryl methyl sites for hydroxylation is 1. The standard InChI is InChI=1S/C20H14ClFN4OS/c1-12-9-18(24-19(27)14-3-2-4-15(21)10-14)26(25-12)20-23-17(11-28-20)13-5-7-16(22)8-6-13/h2-11H,1H3,(H,24,27). The fraction of sp³-hybridized carbons (Fsp3) is 0.0500. The molecular formula is C20H14ClFN4OS. The summed E-state index contributed by atoms with van der Waals surface area (Å²) in [5, 5.41) is 10.2. The smallest absolute Gasteiger partial charge is 0.256 e. The molecule has 1 amide bonds. The minimum absolute atomic E-state index is 0.293. The first kappa shape index (κ1) is 18.3. The van der Waals surface area contributed by atoms with Crippen LogP contribution in [0.25, 0.3) is 16.4 Å². The van der Waals surface area contributed by atoms with Gasteiger partial charge in [0.15, 0.2) is 0 Å². The molecule has 0 unspecified atom stereocenters. The third-order valence-electron chi connectivity index (χ3n) is 3.97. The van der Waals surface area contributed by atoms with Gasteiger partial charge in [-0.2, -0.15) is 9.78 Å². The van der Waals surface area contributed by atoms with Crippen molar-refractivity contribution in [1.82, 2.24) is 14.8 Å². The molecule has 0 saturated heterocycles. The van der Waals surface area contributed by atoms with Gasteiger partial charge in [-0.1, -0.05) is 17.7 Å². The highest BCUT2D eigenvalue weighted by molar-refractivity contribution is 7.12. The molecule has 2 aromatic carbocycles. The molecule has 0 aliphatic carbocycles. The quantitative estimate of drug-likeness (QED) is 0.491. The predicted molar refractivity (Wildman–Crippen MR) is 109 cm³/mol. The molecule has 0 fully saturated rings. The lowest BCUT2D eigenvalue weighted by molar-refractivity contribution is 0.102. The lowest BCUT2D eigenvalue weighted by Crippen LogP contribution is -2.15. The van der Waals surface area contributed by atoms with Crippen LogP contribution < -0.4 is 5.32 Å². The molecule has 0 spiro atoms. The molecule has 28 heavy (non-hydrogen) atoms. The summed E-state index contributed by atoms with van der Waals surface area (Å²) < 4.78 is 14.7. The van der Waals surface area contributed by atoms with Crippen molar-refractivity contribution in [3.05, 3.63) is 82.1 Å². The van der Waals surface area contributed by atoms with Crippen molar-refractivity contribution in [3.63, 3.8) is 0 Å². The number of carbonyl (C=O) groups is 1. The van der Waals surface area contributed by atoms with Crippen molar-refractivity contribution >= 4 is 34.7 Å². The number of hydrogen-bond acceptors (Lipinski definition) is 4. The number of halogens is 2. The maximum atomic E-state index is 13.1. The fourth-order valence-electron chi connectivity index (χ4n) is 2.67. The molecule has 0 atom stereocenters. The van der Waals surface area contributed by atoms with Gasteiger partial charge in [-0.25, -0.2) is 9.37 Å². The Bertz CT molecular complexity index is 1150. The molecule has 0 radical (unpaired) electrons. The number of nitrogens with one attached hydrogen (secondary N) is 1. The molecule has 0 aliphatic rings. The van der Waals surface area contributed by atoms with E-state index in [-0.39, 0.29) is 11.7 Å². The summed E-state index contributed by atoms with van der Waals surface area (Å²) in [6.45, 7) is 1.83.